The highest BCUT2D eigenvalue weighted by Crippen LogP contribution is 2.44. The number of ether oxygens (including phenoxy) is 1. The van der Waals surface area contributed by atoms with E-state index in [0.29, 0.717) is 35.7 Å². The summed E-state index contributed by atoms with van der Waals surface area (Å²) in [7, 11) is 0. The summed E-state index contributed by atoms with van der Waals surface area (Å²) in [5.41, 5.74) is -0.276. The Morgan fingerprint density at radius 3 is 2.54 bits per heavy atom. The standard InChI is InChI=1S/C22H24BrNO4/c1-3-5-12-24-19-11-8-16(23)13-18(19)22(27,21(24)26)14-20(25)15-6-9-17(10-7-15)28-4-2/h6-11,13,27H,3-5,12,14H2,1-2H3/t22-/m0/s1. The van der Waals surface area contributed by atoms with E-state index in [1.165, 1.54) is 0 Å². The lowest BCUT2D eigenvalue weighted by Gasteiger charge is -2.22. The van der Waals surface area contributed by atoms with Gasteiger partial charge in [0.05, 0.1) is 18.7 Å². The molecule has 1 aliphatic heterocycles. The fourth-order valence-electron chi connectivity index (χ4n) is 3.47. The Morgan fingerprint density at radius 1 is 1.18 bits per heavy atom. The van der Waals surface area contributed by atoms with Crippen molar-refractivity contribution in [2.75, 3.05) is 18.1 Å². The zero-order valence-corrected chi connectivity index (χ0v) is 17.7. The van der Waals surface area contributed by atoms with Gasteiger partial charge in [-0.05, 0) is 55.8 Å². The monoisotopic (exact) mass is 445 g/mol. The molecule has 148 valence electrons. The normalized spacial score (nSPS) is 18.3. The van der Waals surface area contributed by atoms with E-state index in [4.69, 9.17) is 4.74 Å². The van der Waals surface area contributed by atoms with Gasteiger partial charge in [-0.15, -0.1) is 0 Å². The molecule has 6 heteroatoms. The molecular formula is C22H24BrNO4. The second-order valence-electron chi connectivity index (χ2n) is 6.89. The van der Waals surface area contributed by atoms with Crippen molar-refractivity contribution in [3.05, 3.63) is 58.1 Å². The van der Waals surface area contributed by atoms with Crippen molar-refractivity contribution in [2.24, 2.45) is 0 Å². The van der Waals surface area contributed by atoms with Crippen LogP contribution in [0.15, 0.2) is 46.9 Å². The molecule has 2 aromatic rings. The molecule has 2 aromatic carbocycles. The summed E-state index contributed by atoms with van der Waals surface area (Å²) >= 11 is 3.40. The summed E-state index contributed by atoms with van der Waals surface area (Å²) in [6.07, 6.45) is 1.45. The molecule has 28 heavy (non-hydrogen) atoms. The summed E-state index contributed by atoms with van der Waals surface area (Å²) in [6, 6.07) is 12.1. The highest BCUT2D eigenvalue weighted by atomic mass is 79.9. The number of amides is 1. The Kier molecular flexibility index (Phi) is 6.20. The predicted octanol–water partition coefficient (Wildman–Crippen LogP) is 4.46. The van der Waals surface area contributed by atoms with Gasteiger partial charge < -0.3 is 14.7 Å². The number of rotatable bonds is 8. The van der Waals surface area contributed by atoms with E-state index in [2.05, 4.69) is 15.9 Å². The molecule has 1 heterocycles. The zero-order valence-electron chi connectivity index (χ0n) is 16.1. The fraction of sp³-hybridized carbons (Fsp3) is 0.364. The molecule has 0 aliphatic carbocycles. The molecule has 1 aliphatic rings. The number of carbonyl (C=O) groups is 2. The van der Waals surface area contributed by atoms with Gasteiger partial charge >= 0.3 is 0 Å². The first-order valence-electron chi connectivity index (χ1n) is 9.51. The number of anilines is 1. The maximum absolute atomic E-state index is 13.1. The molecule has 0 saturated heterocycles. The Hall–Kier alpha value is -2.18. The van der Waals surface area contributed by atoms with Crippen LogP contribution in [0.5, 0.6) is 5.75 Å². The van der Waals surface area contributed by atoms with Gasteiger partial charge in [-0.1, -0.05) is 29.3 Å². The third-order valence-corrected chi connectivity index (χ3v) is 5.43. The maximum Gasteiger partial charge on any atom is 0.264 e. The highest BCUT2D eigenvalue weighted by Gasteiger charge is 2.50. The van der Waals surface area contributed by atoms with E-state index in [0.717, 1.165) is 17.3 Å². The summed E-state index contributed by atoms with van der Waals surface area (Å²) in [4.78, 5) is 27.5. The van der Waals surface area contributed by atoms with Gasteiger partial charge in [-0.2, -0.15) is 0 Å². The third kappa shape index (κ3) is 3.84. The molecule has 1 atom stereocenters. The molecule has 0 spiro atoms. The zero-order chi connectivity index (χ0) is 20.3. The fourth-order valence-corrected chi connectivity index (χ4v) is 3.83. The molecule has 0 unspecified atom stereocenters. The van der Waals surface area contributed by atoms with Crippen LogP contribution in [0.4, 0.5) is 5.69 Å². The number of nitrogens with zero attached hydrogens (tertiary/aromatic N) is 1. The molecule has 0 fully saturated rings. The number of hydrogen-bond donors (Lipinski definition) is 1. The number of unbranched alkanes of at least 4 members (excludes halogenated alkanes) is 1. The average Bonchev–Trinajstić information content (AvgIpc) is 2.88. The molecule has 0 aromatic heterocycles. The first kappa shape index (κ1) is 20.6. The first-order chi connectivity index (χ1) is 13.4. The molecule has 0 saturated carbocycles. The van der Waals surface area contributed by atoms with E-state index in [9.17, 15) is 14.7 Å². The summed E-state index contributed by atoms with van der Waals surface area (Å²) in [5.74, 6) is -0.0507. The quantitative estimate of drug-likeness (QED) is 0.609. The summed E-state index contributed by atoms with van der Waals surface area (Å²) in [6.45, 7) is 5.00. The summed E-state index contributed by atoms with van der Waals surface area (Å²) < 4.78 is 6.15. The number of benzene rings is 2. The largest absolute Gasteiger partial charge is 0.494 e. The van der Waals surface area contributed by atoms with Crippen molar-refractivity contribution in [3.8, 4) is 5.75 Å². The van der Waals surface area contributed by atoms with Gasteiger partial charge in [-0.25, -0.2) is 0 Å². The van der Waals surface area contributed by atoms with Crippen molar-refractivity contribution >= 4 is 33.3 Å². The second kappa shape index (κ2) is 8.45. The van der Waals surface area contributed by atoms with Gasteiger partial charge in [0, 0.05) is 22.1 Å². The number of hydrogen-bond acceptors (Lipinski definition) is 4. The molecule has 5 nitrogen and oxygen atoms in total. The van der Waals surface area contributed by atoms with Crippen LogP contribution in [0.3, 0.4) is 0 Å². The lowest BCUT2D eigenvalue weighted by atomic mass is 9.88. The number of Topliss-reactive ketones (excluding diaryl/α,β-unsaturated/α-hetero) is 1. The van der Waals surface area contributed by atoms with Crippen molar-refractivity contribution in [1.29, 1.82) is 0 Å². The van der Waals surface area contributed by atoms with E-state index in [1.807, 2.05) is 26.0 Å². The molecular weight excluding hydrogens is 422 g/mol. The van der Waals surface area contributed by atoms with E-state index in [-0.39, 0.29) is 12.2 Å². The Balaban J connectivity index is 1.90. The third-order valence-electron chi connectivity index (χ3n) is 4.93. The topological polar surface area (TPSA) is 66.8 Å². The Bertz CT molecular complexity index is 881. The second-order valence-corrected chi connectivity index (χ2v) is 7.81. The van der Waals surface area contributed by atoms with Crippen molar-refractivity contribution in [3.63, 3.8) is 0 Å². The summed E-state index contributed by atoms with van der Waals surface area (Å²) in [5, 5.41) is 11.3. The van der Waals surface area contributed by atoms with Crippen LogP contribution in [0.2, 0.25) is 0 Å². The average molecular weight is 446 g/mol. The van der Waals surface area contributed by atoms with Gasteiger partial charge in [0.1, 0.15) is 5.75 Å². The van der Waals surface area contributed by atoms with Crippen LogP contribution in [0.1, 0.15) is 49.0 Å². The van der Waals surface area contributed by atoms with Gasteiger partial charge in [-0.3, -0.25) is 9.59 Å². The molecule has 3 rings (SSSR count). The molecule has 0 radical (unpaired) electrons. The molecule has 1 amide bonds. The number of halogens is 1. The first-order valence-corrected chi connectivity index (χ1v) is 10.3. The highest BCUT2D eigenvalue weighted by molar-refractivity contribution is 9.10. The lowest BCUT2D eigenvalue weighted by molar-refractivity contribution is -0.135. The minimum atomic E-state index is -1.86. The Labute approximate surface area is 173 Å². The lowest BCUT2D eigenvalue weighted by Crippen LogP contribution is -2.42. The van der Waals surface area contributed by atoms with Gasteiger partial charge in [0.15, 0.2) is 11.4 Å². The number of ketones is 1. The number of fused-ring (bicyclic) bond motifs is 1. The number of aliphatic hydroxyl groups is 1. The minimum absolute atomic E-state index is 0.290. The smallest absolute Gasteiger partial charge is 0.264 e. The van der Waals surface area contributed by atoms with Crippen molar-refractivity contribution in [1.82, 2.24) is 0 Å². The van der Waals surface area contributed by atoms with E-state index >= 15 is 0 Å². The van der Waals surface area contributed by atoms with Crippen LogP contribution < -0.4 is 9.64 Å². The van der Waals surface area contributed by atoms with Crippen LogP contribution in [-0.2, 0) is 10.4 Å². The molecule has 0 bridgehead atoms. The predicted molar refractivity (Wildman–Crippen MR) is 112 cm³/mol. The van der Waals surface area contributed by atoms with E-state index in [1.54, 1.807) is 35.2 Å². The van der Waals surface area contributed by atoms with Crippen LogP contribution in [0.25, 0.3) is 0 Å². The Morgan fingerprint density at radius 2 is 1.89 bits per heavy atom. The van der Waals surface area contributed by atoms with Gasteiger partial charge in [0.25, 0.3) is 5.91 Å². The van der Waals surface area contributed by atoms with Crippen LogP contribution in [-0.4, -0.2) is 29.9 Å². The maximum atomic E-state index is 13.1. The van der Waals surface area contributed by atoms with Crippen LogP contribution in [0, 0.1) is 0 Å². The SMILES string of the molecule is CCCCN1C(=O)[C@](O)(CC(=O)c2ccc(OCC)cc2)c2cc(Br)ccc21. The van der Waals surface area contributed by atoms with E-state index < -0.39 is 11.5 Å². The van der Waals surface area contributed by atoms with Crippen molar-refractivity contribution in [2.45, 2.75) is 38.7 Å². The molecule has 1 N–H and O–H groups in total. The van der Waals surface area contributed by atoms with Gasteiger partial charge in [0.2, 0.25) is 0 Å². The number of carbonyl (C=O) groups excluding carboxylic acids is 2. The minimum Gasteiger partial charge on any atom is -0.494 e. The van der Waals surface area contributed by atoms with Crippen LogP contribution >= 0.6 is 15.9 Å². The van der Waals surface area contributed by atoms with Crippen molar-refractivity contribution < 1.29 is 19.4 Å².